The van der Waals surface area contributed by atoms with Gasteiger partial charge in [-0.25, -0.2) is 0 Å². The van der Waals surface area contributed by atoms with Crippen molar-refractivity contribution >= 4 is 17.2 Å². The molecule has 158 valence electrons. The second kappa shape index (κ2) is 10.6. The van der Waals surface area contributed by atoms with Gasteiger partial charge in [-0.05, 0) is 81.4 Å². The monoisotopic (exact) mass is 416 g/mol. The van der Waals surface area contributed by atoms with Gasteiger partial charge >= 0.3 is 0 Å². The van der Waals surface area contributed by atoms with Crippen molar-refractivity contribution in [2.24, 2.45) is 0 Å². The van der Waals surface area contributed by atoms with Crippen molar-refractivity contribution in [3.8, 4) is 11.5 Å². The van der Waals surface area contributed by atoms with Gasteiger partial charge in [0, 0.05) is 23.5 Å². The molecule has 6 heteroatoms. The average Bonchev–Trinajstić information content (AvgIpc) is 3.25. The Morgan fingerprint density at radius 1 is 1.10 bits per heavy atom. The molecule has 2 aromatic rings. The maximum absolute atomic E-state index is 12.9. The molecule has 0 aliphatic carbocycles. The SMILES string of the molecule is COc1cc2c(cc1OC)C(=O)N(CCCN(C)CCCCc1cccs1)CC2. The van der Waals surface area contributed by atoms with E-state index in [-0.39, 0.29) is 5.91 Å². The number of thiophene rings is 1. The second-order valence-electron chi connectivity index (χ2n) is 7.60. The first-order chi connectivity index (χ1) is 14.1. The molecular weight excluding hydrogens is 384 g/mol. The van der Waals surface area contributed by atoms with Crippen LogP contribution in [0.2, 0.25) is 0 Å². The van der Waals surface area contributed by atoms with Crippen LogP contribution in [-0.2, 0) is 12.8 Å². The van der Waals surface area contributed by atoms with Crippen molar-refractivity contribution in [1.82, 2.24) is 9.80 Å². The van der Waals surface area contributed by atoms with Gasteiger partial charge in [0.2, 0.25) is 0 Å². The molecule has 1 aliphatic rings. The number of amides is 1. The summed E-state index contributed by atoms with van der Waals surface area (Å²) in [6.07, 6.45) is 5.49. The highest BCUT2D eigenvalue weighted by Crippen LogP contribution is 2.33. The summed E-state index contributed by atoms with van der Waals surface area (Å²) in [6, 6.07) is 8.10. The van der Waals surface area contributed by atoms with E-state index in [0.717, 1.165) is 50.1 Å². The normalized spacial score (nSPS) is 13.7. The molecule has 29 heavy (non-hydrogen) atoms. The molecule has 0 atom stereocenters. The molecular formula is C23H32N2O3S. The Hall–Kier alpha value is -2.05. The average molecular weight is 417 g/mol. The molecule has 0 N–H and O–H groups in total. The highest BCUT2D eigenvalue weighted by atomic mass is 32.1. The van der Waals surface area contributed by atoms with Crippen molar-refractivity contribution in [3.63, 3.8) is 0 Å². The molecule has 5 nitrogen and oxygen atoms in total. The van der Waals surface area contributed by atoms with Crippen LogP contribution in [0.1, 0.15) is 40.1 Å². The van der Waals surface area contributed by atoms with Crippen LogP contribution >= 0.6 is 11.3 Å². The van der Waals surface area contributed by atoms with Gasteiger partial charge in [0.05, 0.1) is 14.2 Å². The van der Waals surface area contributed by atoms with E-state index < -0.39 is 0 Å². The van der Waals surface area contributed by atoms with E-state index in [9.17, 15) is 4.79 Å². The number of carbonyl (C=O) groups is 1. The van der Waals surface area contributed by atoms with Crippen molar-refractivity contribution in [2.45, 2.75) is 32.1 Å². The third kappa shape index (κ3) is 5.73. The van der Waals surface area contributed by atoms with Crippen LogP contribution in [0.25, 0.3) is 0 Å². The van der Waals surface area contributed by atoms with Crippen molar-refractivity contribution < 1.29 is 14.3 Å². The molecule has 2 heterocycles. The quantitative estimate of drug-likeness (QED) is 0.517. The number of carbonyl (C=O) groups excluding carboxylic acids is 1. The summed E-state index contributed by atoms with van der Waals surface area (Å²) in [5.41, 5.74) is 1.79. The number of benzene rings is 1. The van der Waals surface area contributed by atoms with Crippen LogP contribution in [0.4, 0.5) is 0 Å². The Kier molecular flexibility index (Phi) is 7.95. The van der Waals surface area contributed by atoms with Crippen LogP contribution in [0.15, 0.2) is 29.6 Å². The number of nitrogens with zero attached hydrogens (tertiary/aromatic N) is 2. The summed E-state index contributed by atoms with van der Waals surface area (Å²) in [6.45, 7) is 3.69. The van der Waals surface area contributed by atoms with Gasteiger partial charge < -0.3 is 19.3 Å². The number of hydrogen-bond acceptors (Lipinski definition) is 5. The number of ether oxygens (including phenoxy) is 2. The molecule has 1 aromatic carbocycles. The molecule has 1 amide bonds. The smallest absolute Gasteiger partial charge is 0.254 e. The lowest BCUT2D eigenvalue weighted by molar-refractivity contribution is 0.0732. The maximum atomic E-state index is 12.9. The lowest BCUT2D eigenvalue weighted by Crippen LogP contribution is -2.39. The number of rotatable bonds is 11. The standard InChI is InChI=1S/C23H32N2O3S/c1-24(11-5-4-8-19-9-6-15-29-19)12-7-13-25-14-10-18-16-21(27-2)22(28-3)17-20(18)23(25)26/h6,9,15-17H,4-5,7-8,10-14H2,1-3H3. The van der Waals surface area contributed by atoms with E-state index in [1.165, 1.54) is 24.1 Å². The zero-order valence-corrected chi connectivity index (χ0v) is 18.6. The lowest BCUT2D eigenvalue weighted by atomic mass is 9.98. The molecule has 0 unspecified atom stereocenters. The molecule has 0 bridgehead atoms. The van der Waals surface area contributed by atoms with Crippen LogP contribution in [0, 0.1) is 0 Å². The Morgan fingerprint density at radius 2 is 1.86 bits per heavy atom. The predicted molar refractivity (Wildman–Crippen MR) is 119 cm³/mol. The highest BCUT2D eigenvalue weighted by Gasteiger charge is 2.26. The summed E-state index contributed by atoms with van der Waals surface area (Å²) >= 11 is 1.85. The Balaban J connectivity index is 1.41. The van der Waals surface area contributed by atoms with Crippen molar-refractivity contribution in [3.05, 3.63) is 45.6 Å². The number of unbranched alkanes of at least 4 members (excludes halogenated alkanes) is 1. The molecule has 1 aliphatic heterocycles. The fourth-order valence-electron chi connectivity index (χ4n) is 3.85. The third-order valence-corrected chi connectivity index (χ3v) is 6.48. The lowest BCUT2D eigenvalue weighted by Gasteiger charge is -2.30. The summed E-state index contributed by atoms with van der Waals surface area (Å²) in [7, 11) is 5.40. The molecule has 0 saturated carbocycles. The van der Waals surface area contributed by atoms with E-state index in [2.05, 4.69) is 29.5 Å². The van der Waals surface area contributed by atoms with Crippen LogP contribution in [0.3, 0.4) is 0 Å². The first kappa shape index (κ1) is 21.7. The molecule has 0 fully saturated rings. The van der Waals surface area contributed by atoms with Gasteiger partial charge in [-0.3, -0.25) is 4.79 Å². The number of aryl methyl sites for hydroxylation is 1. The van der Waals surface area contributed by atoms with Gasteiger partial charge in [-0.2, -0.15) is 0 Å². The van der Waals surface area contributed by atoms with Gasteiger partial charge in [-0.15, -0.1) is 11.3 Å². The van der Waals surface area contributed by atoms with E-state index in [0.29, 0.717) is 11.5 Å². The minimum Gasteiger partial charge on any atom is -0.493 e. The van der Waals surface area contributed by atoms with Gasteiger partial charge in [-0.1, -0.05) is 6.07 Å². The number of methoxy groups -OCH3 is 2. The molecule has 0 spiro atoms. The minimum absolute atomic E-state index is 0.103. The first-order valence-corrected chi connectivity index (χ1v) is 11.3. The third-order valence-electron chi connectivity index (χ3n) is 5.54. The van der Waals surface area contributed by atoms with Crippen molar-refractivity contribution in [1.29, 1.82) is 0 Å². The van der Waals surface area contributed by atoms with E-state index >= 15 is 0 Å². The van der Waals surface area contributed by atoms with Crippen molar-refractivity contribution in [2.75, 3.05) is 47.4 Å². The molecule has 3 rings (SSSR count). The largest absolute Gasteiger partial charge is 0.493 e. The van der Waals surface area contributed by atoms with Crippen LogP contribution in [0.5, 0.6) is 11.5 Å². The summed E-state index contributed by atoms with van der Waals surface area (Å²) < 4.78 is 10.7. The van der Waals surface area contributed by atoms with Crippen LogP contribution < -0.4 is 9.47 Å². The van der Waals surface area contributed by atoms with Gasteiger partial charge in [0.1, 0.15) is 0 Å². The van der Waals surface area contributed by atoms with Gasteiger partial charge in [0.25, 0.3) is 5.91 Å². The summed E-state index contributed by atoms with van der Waals surface area (Å²) in [4.78, 5) is 18.7. The molecule has 1 aromatic heterocycles. The zero-order chi connectivity index (χ0) is 20.6. The highest BCUT2D eigenvalue weighted by molar-refractivity contribution is 7.09. The van der Waals surface area contributed by atoms with E-state index in [1.54, 1.807) is 14.2 Å². The Bertz CT molecular complexity index is 792. The fourth-order valence-corrected chi connectivity index (χ4v) is 4.60. The zero-order valence-electron chi connectivity index (χ0n) is 17.8. The van der Waals surface area contributed by atoms with Gasteiger partial charge in [0.15, 0.2) is 11.5 Å². The molecule has 0 saturated heterocycles. The summed E-state index contributed by atoms with van der Waals surface area (Å²) in [5, 5.41) is 2.15. The first-order valence-electron chi connectivity index (χ1n) is 10.4. The fraction of sp³-hybridized carbons (Fsp3) is 0.522. The topological polar surface area (TPSA) is 42.0 Å². The summed E-state index contributed by atoms with van der Waals surface area (Å²) in [5.74, 6) is 1.41. The number of fused-ring (bicyclic) bond motifs is 1. The predicted octanol–water partition coefficient (Wildman–Crippen LogP) is 4.11. The minimum atomic E-state index is 0.103. The molecule has 0 radical (unpaired) electrons. The Labute approximate surface area is 178 Å². The van der Waals surface area contributed by atoms with E-state index in [4.69, 9.17) is 9.47 Å². The second-order valence-corrected chi connectivity index (χ2v) is 8.63. The Morgan fingerprint density at radius 3 is 2.59 bits per heavy atom. The van der Waals surface area contributed by atoms with E-state index in [1.807, 2.05) is 28.4 Å². The number of hydrogen-bond donors (Lipinski definition) is 0. The van der Waals surface area contributed by atoms with Crippen LogP contribution in [-0.4, -0.2) is 63.2 Å². The maximum Gasteiger partial charge on any atom is 0.254 e.